The lowest BCUT2D eigenvalue weighted by Gasteiger charge is -2.32. The average molecular weight is 335 g/mol. The van der Waals surface area contributed by atoms with Crippen LogP contribution in [0.5, 0.6) is 11.5 Å². The molecular weight excluding hydrogens is 310 g/mol. The van der Waals surface area contributed by atoms with Gasteiger partial charge in [0, 0.05) is 6.54 Å². The van der Waals surface area contributed by atoms with Crippen LogP contribution in [0.4, 0.5) is 0 Å². The van der Waals surface area contributed by atoms with Gasteiger partial charge in [-0.2, -0.15) is 0 Å². The summed E-state index contributed by atoms with van der Waals surface area (Å²) in [4.78, 5) is 23.1. The topological polar surface area (TPSA) is 84.9 Å². The van der Waals surface area contributed by atoms with Gasteiger partial charge in [-0.15, -0.1) is 0 Å². The molecule has 0 bridgehead atoms. The Morgan fingerprint density at radius 3 is 2.42 bits per heavy atom. The molecule has 2 rings (SSSR count). The Hall–Kier alpha value is -2.24. The Balaban J connectivity index is 1.84. The molecule has 6 nitrogen and oxygen atoms in total. The molecule has 1 aliphatic carbocycles. The standard InChI is InChI=1S/C18H25NO5/c1-11(8-12-4-7-15(23-2)16(9-12)24-3)10-19-17(20)13-5-6-14(13)18(21)22/h4,7,9,11,13-14H,5-6,8,10H2,1-3H3,(H,19,20)(H,21,22). The molecular formula is C18H25NO5. The Labute approximate surface area is 142 Å². The third kappa shape index (κ3) is 4.19. The van der Waals surface area contributed by atoms with Crippen LogP contribution in [-0.2, 0) is 16.0 Å². The van der Waals surface area contributed by atoms with Crippen LogP contribution in [0, 0.1) is 17.8 Å². The highest BCUT2D eigenvalue weighted by molar-refractivity contribution is 5.86. The van der Waals surface area contributed by atoms with E-state index >= 15 is 0 Å². The number of aliphatic carboxylic acids is 1. The maximum Gasteiger partial charge on any atom is 0.307 e. The first-order chi connectivity index (χ1) is 11.5. The molecule has 0 radical (unpaired) electrons. The maximum atomic E-state index is 12.1. The lowest BCUT2D eigenvalue weighted by Crippen LogP contribution is -2.45. The molecule has 6 heteroatoms. The van der Waals surface area contributed by atoms with Gasteiger partial charge < -0.3 is 19.9 Å². The first-order valence-electron chi connectivity index (χ1n) is 8.17. The van der Waals surface area contributed by atoms with Crippen LogP contribution in [0.3, 0.4) is 0 Å². The molecule has 2 N–H and O–H groups in total. The van der Waals surface area contributed by atoms with E-state index in [-0.39, 0.29) is 17.7 Å². The Bertz CT molecular complexity index is 601. The molecule has 132 valence electrons. The number of carbonyl (C=O) groups excluding carboxylic acids is 1. The van der Waals surface area contributed by atoms with Crippen molar-refractivity contribution >= 4 is 11.9 Å². The molecule has 24 heavy (non-hydrogen) atoms. The van der Waals surface area contributed by atoms with Crippen LogP contribution in [0.15, 0.2) is 18.2 Å². The van der Waals surface area contributed by atoms with Crippen molar-refractivity contribution in [3.8, 4) is 11.5 Å². The fourth-order valence-corrected chi connectivity index (χ4v) is 3.00. The van der Waals surface area contributed by atoms with Gasteiger partial charge in [0.1, 0.15) is 0 Å². The lowest BCUT2D eigenvalue weighted by atomic mass is 9.73. The summed E-state index contributed by atoms with van der Waals surface area (Å²) < 4.78 is 10.5. The summed E-state index contributed by atoms with van der Waals surface area (Å²) in [6.45, 7) is 2.57. The zero-order chi connectivity index (χ0) is 17.7. The van der Waals surface area contributed by atoms with Crippen LogP contribution in [0.2, 0.25) is 0 Å². The molecule has 1 amide bonds. The smallest absolute Gasteiger partial charge is 0.307 e. The van der Waals surface area contributed by atoms with Gasteiger partial charge in [0.05, 0.1) is 26.1 Å². The summed E-state index contributed by atoms with van der Waals surface area (Å²) in [6, 6.07) is 5.78. The van der Waals surface area contributed by atoms with Gasteiger partial charge in [0.15, 0.2) is 11.5 Å². The number of nitrogens with one attached hydrogen (secondary N) is 1. The minimum Gasteiger partial charge on any atom is -0.493 e. The monoisotopic (exact) mass is 335 g/mol. The van der Waals surface area contributed by atoms with E-state index in [1.54, 1.807) is 14.2 Å². The van der Waals surface area contributed by atoms with E-state index in [1.807, 2.05) is 25.1 Å². The van der Waals surface area contributed by atoms with Crippen molar-refractivity contribution in [2.45, 2.75) is 26.2 Å². The molecule has 1 aliphatic rings. The largest absolute Gasteiger partial charge is 0.493 e. The van der Waals surface area contributed by atoms with Crippen molar-refractivity contribution in [1.29, 1.82) is 0 Å². The van der Waals surface area contributed by atoms with Gasteiger partial charge in [-0.05, 0) is 42.9 Å². The van der Waals surface area contributed by atoms with E-state index in [4.69, 9.17) is 14.6 Å². The van der Waals surface area contributed by atoms with Crippen LogP contribution in [0.25, 0.3) is 0 Å². The van der Waals surface area contributed by atoms with E-state index in [0.29, 0.717) is 30.9 Å². The number of hydrogen-bond donors (Lipinski definition) is 2. The second kappa shape index (κ2) is 8.04. The first-order valence-corrected chi connectivity index (χ1v) is 8.17. The predicted molar refractivity (Wildman–Crippen MR) is 89.3 cm³/mol. The van der Waals surface area contributed by atoms with E-state index < -0.39 is 11.9 Å². The number of ether oxygens (including phenoxy) is 2. The van der Waals surface area contributed by atoms with E-state index in [0.717, 1.165) is 12.0 Å². The number of hydrogen-bond acceptors (Lipinski definition) is 4. The molecule has 0 saturated heterocycles. The molecule has 0 aliphatic heterocycles. The van der Waals surface area contributed by atoms with Crippen molar-refractivity contribution in [2.24, 2.45) is 17.8 Å². The Kier molecular flexibility index (Phi) is 6.06. The minimum atomic E-state index is -0.875. The van der Waals surface area contributed by atoms with Crippen molar-refractivity contribution in [1.82, 2.24) is 5.32 Å². The molecule has 1 saturated carbocycles. The fraction of sp³-hybridized carbons (Fsp3) is 0.556. The first kappa shape index (κ1) is 18.1. The molecule has 3 atom stereocenters. The zero-order valence-electron chi connectivity index (χ0n) is 14.4. The number of benzene rings is 1. The maximum absolute atomic E-state index is 12.1. The highest BCUT2D eigenvalue weighted by Gasteiger charge is 2.41. The second-order valence-corrected chi connectivity index (χ2v) is 6.37. The number of carboxylic acids is 1. The van der Waals surface area contributed by atoms with Gasteiger partial charge in [-0.1, -0.05) is 13.0 Å². The highest BCUT2D eigenvalue weighted by Crippen LogP contribution is 2.34. The predicted octanol–water partition coefficient (Wildman–Crippen LogP) is 2.11. The summed E-state index contributed by atoms with van der Waals surface area (Å²) in [5.41, 5.74) is 1.10. The van der Waals surface area contributed by atoms with Crippen LogP contribution < -0.4 is 14.8 Å². The number of amides is 1. The summed E-state index contributed by atoms with van der Waals surface area (Å²) in [5.74, 6) is -0.318. The molecule has 3 unspecified atom stereocenters. The van der Waals surface area contributed by atoms with E-state index in [1.165, 1.54) is 0 Å². The fourth-order valence-electron chi connectivity index (χ4n) is 3.00. The zero-order valence-corrected chi connectivity index (χ0v) is 14.4. The second-order valence-electron chi connectivity index (χ2n) is 6.37. The van der Waals surface area contributed by atoms with Gasteiger partial charge in [-0.25, -0.2) is 0 Å². The summed E-state index contributed by atoms with van der Waals surface area (Å²) in [5, 5.41) is 11.9. The van der Waals surface area contributed by atoms with Gasteiger partial charge in [-0.3, -0.25) is 9.59 Å². The highest BCUT2D eigenvalue weighted by atomic mass is 16.5. The Morgan fingerprint density at radius 2 is 1.88 bits per heavy atom. The van der Waals surface area contributed by atoms with Crippen LogP contribution in [-0.4, -0.2) is 37.7 Å². The van der Waals surface area contributed by atoms with Gasteiger partial charge >= 0.3 is 5.97 Å². The minimum absolute atomic E-state index is 0.146. The summed E-state index contributed by atoms with van der Waals surface area (Å²) in [7, 11) is 3.20. The number of carbonyl (C=O) groups is 2. The van der Waals surface area contributed by atoms with Crippen LogP contribution >= 0.6 is 0 Å². The van der Waals surface area contributed by atoms with E-state index in [2.05, 4.69) is 5.32 Å². The summed E-state index contributed by atoms with van der Waals surface area (Å²) in [6.07, 6.45) is 2.04. The molecule has 1 fully saturated rings. The number of rotatable bonds is 8. The number of carboxylic acid groups (broad SMARTS) is 1. The molecule has 1 aromatic carbocycles. The van der Waals surface area contributed by atoms with Crippen molar-refractivity contribution < 1.29 is 24.2 Å². The normalized spacial score (nSPS) is 20.6. The third-order valence-corrected chi connectivity index (χ3v) is 4.59. The van der Waals surface area contributed by atoms with Crippen LogP contribution in [0.1, 0.15) is 25.3 Å². The quantitative estimate of drug-likeness (QED) is 0.760. The molecule has 0 spiro atoms. The number of methoxy groups -OCH3 is 2. The molecule has 0 aromatic heterocycles. The van der Waals surface area contributed by atoms with Crippen molar-refractivity contribution in [3.63, 3.8) is 0 Å². The SMILES string of the molecule is COc1ccc(CC(C)CNC(=O)C2CCC2C(=O)O)cc1OC. The van der Waals surface area contributed by atoms with Gasteiger partial charge in [0.25, 0.3) is 0 Å². The molecule has 1 aromatic rings. The van der Waals surface area contributed by atoms with Crippen molar-refractivity contribution in [2.75, 3.05) is 20.8 Å². The average Bonchev–Trinajstić information content (AvgIpc) is 2.51. The molecule has 0 heterocycles. The third-order valence-electron chi connectivity index (χ3n) is 4.59. The Morgan fingerprint density at radius 1 is 1.21 bits per heavy atom. The van der Waals surface area contributed by atoms with E-state index in [9.17, 15) is 9.59 Å². The van der Waals surface area contributed by atoms with Gasteiger partial charge in [0.2, 0.25) is 5.91 Å². The van der Waals surface area contributed by atoms with Crippen molar-refractivity contribution in [3.05, 3.63) is 23.8 Å². The summed E-state index contributed by atoms with van der Waals surface area (Å²) >= 11 is 0. The lowest BCUT2D eigenvalue weighted by molar-refractivity contribution is -0.152.